The average Bonchev–Trinajstić information content (AvgIpc) is 3.21. The number of rotatable bonds is 6. The molecule has 0 aliphatic carbocycles. The highest BCUT2D eigenvalue weighted by Crippen LogP contribution is 2.17. The Morgan fingerprint density at radius 2 is 2.08 bits per heavy atom. The maximum atomic E-state index is 13.1. The molecular weight excluding hydrogens is 311 g/mol. The Hall–Kier alpha value is -1.95. The van der Waals surface area contributed by atoms with Crippen LogP contribution in [-0.4, -0.2) is 54.0 Å². The first kappa shape index (κ1) is 16.9. The maximum absolute atomic E-state index is 13.1. The third-order valence-electron chi connectivity index (χ3n) is 4.58. The number of hydrogen-bond donors (Lipinski definition) is 0. The highest BCUT2D eigenvalue weighted by atomic mass is 19.1. The van der Waals surface area contributed by atoms with Gasteiger partial charge in [-0.25, -0.2) is 4.39 Å². The van der Waals surface area contributed by atoms with E-state index >= 15 is 0 Å². The molecule has 1 aromatic carbocycles. The molecule has 130 valence electrons. The van der Waals surface area contributed by atoms with Crippen molar-refractivity contribution in [2.45, 2.75) is 38.3 Å². The summed E-state index contributed by atoms with van der Waals surface area (Å²) < 4.78 is 18.7. The van der Waals surface area contributed by atoms with Crippen molar-refractivity contribution in [1.82, 2.24) is 9.80 Å². The van der Waals surface area contributed by atoms with Crippen molar-refractivity contribution >= 4 is 11.8 Å². The zero-order chi connectivity index (χ0) is 16.9. The number of carbonyl (C=O) groups excluding carboxylic acids is 2. The van der Waals surface area contributed by atoms with E-state index in [-0.39, 0.29) is 30.3 Å². The lowest BCUT2D eigenvalue weighted by Gasteiger charge is -2.27. The molecule has 0 saturated carbocycles. The molecule has 2 amide bonds. The van der Waals surface area contributed by atoms with E-state index in [0.717, 1.165) is 31.4 Å². The Morgan fingerprint density at radius 1 is 1.29 bits per heavy atom. The van der Waals surface area contributed by atoms with Crippen molar-refractivity contribution < 1.29 is 18.7 Å². The summed E-state index contributed by atoms with van der Waals surface area (Å²) in [4.78, 5) is 27.8. The smallest absolute Gasteiger partial charge is 0.242 e. The number of likely N-dealkylation sites (tertiary alicyclic amines) is 1. The minimum atomic E-state index is -0.293. The predicted octanol–water partition coefficient (Wildman–Crippen LogP) is 1.96. The number of carbonyl (C=O) groups is 2. The minimum Gasteiger partial charge on any atom is -0.376 e. The van der Waals surface area contributed by atoms with Gasteiger partial charge in [-0.15, -0.1) is 0 Å². The molecule has 0 N–H and O–H groups in total. The predicted molar refractivity (Wildman–Crippen MR) is 86.6 cm³/mol. The highest BCUT2D eigenvalue weighted by molar-refractivity contribution is 5.85. The summed E-state index contributed by atoms with van der Waals surface area (Å²) in [6.07, 6.45) is 3.33. The molecular formula is C18H23FN2O3. The second-order valence-electron chi connectivity index (χ2n) is 6.45. The highest BCUT2D eigenvalue weighted by Gasteiger charge is 2.27. The summed E-state index contributed by atoms with van der Waals surface area (Å²) in [6.45, 7) is 2.41. The molecule has 5 nitrogen and oxygen atoms in total. The van der Waals surface area contributed by atoms with Gasteiger partial charge in [-0.05, 0) is 37.0 Å². The van der Waals surface area contributed by atoms with Crippen LogP contribution >= 0.6 is 0 Å². The Labute approximate surface area is 141 Å². The zero-order valence-corrected chi connectivity index (χ0v) is 13.7. The normalized spacial score (nSPS) is 20.6. The van der Waals surface area contributed by atoms with Crippen molar-refractivity contribution in [3.63, 3.8) is 0 Å². The zero-order valence-electron chi connectivity index (χ0n) is 13.7. The van der Waals surface area contributed by atoms with Crippen LogP contribution in [0.1, 0.15) is 31.2 Å². The van der Waals surface area contributed by atoms with Gasteiger partial charge in [0, 0.05) is 32.7 Å². The van der Waals surface area contributed by atoms with Crippen LogP contribution in [0.4, 0.5) is 4.39 Å². The lowest BCUT2D eigenvalue weighted by Crippen LogP contribution is -2.43. The molecule has 2 heterocycles. The Kier molecular flexibility index (Phi) is 5.45. The third kappa shape index (κ3) is 4.32. The Balaban J connectivity index is 1.66. The molecule has 2 saturated heterocycles. The molecule has 2 aliphatic rings. The van der Waals surface area contributed by atoms with Crippen LogP contribution < -0.4 is 0 Å². The van der Waals surface area contributed by atoms with Gasteiger partial charge in [0.25, 0.3) is 0 Å². The Bertz CT molecular complexity index is 584. The van der Waals surface area contributed by atoms with Crippen LogP contribution in [0.3, 0.4) is 0 Å². The summed E-state index contributed by atoms with van der Waals surface area (Å²) >= 11 is 0. The van der Waals surface area contributed by atoms with Crippen LogP contribution in [0.5, 0.6) is 0 Å². The largest absolute Gasteiger partial charge is 0.376 e. The van der Waals surface area contributed by atoms with Gasteiger partial charge in [0.2, 0.25) is 11.8 Å². The summed E-state index contributed by atoms with van der Waals surface area (Å²) in [6, 6.07) is 6.17. The molecule has 1 aromatic rings. The van der Waals surface area contributed by atoms with E-state index in [9.17, 15) is 14.0 Å². The first-order valence-corrected chi connectivity index (χ1v) is 8.53. The van der Waals surface area contributed by atoms with E-state index in [4.69, 9.17) is 4.74 Å². The van der Waals surface area contributed by atoms with Gasteiger partial charge >= 0.3 is 0 Å². The van der Waals surface area contributed by atoms with E-state index < -0.39 is 0 Å². The summed E-state index contributed by atoms with van der Waals surface area (Å²) in [5.74, 6) is -0.328. The summed E-state index contributed by atoms with van der Waals surface area (Å²) in [7, 11) is 0. The number of ether oxygens (including phenoxy) is 1. The van der Waals surface area contributed by atoms with Gasteiger partial charge < -0.3 is 14.5 Å². The second kappa shape index (κ2) is 7.75. The van der Waals surface area contributed by atoms with Gasteiger partial charge in [-0.3, -0.25) is 9.59 Å². The van der Waals surface area contributed by atoms with E-state index in [0.29, 0.717) is 26.1 Å². The monoisotopic (exact) mass is 334 g/mol. The maximum Gasteiger partial charge on any atom is 0.242 e. The van der Waals surface area contributed by atoms with Crippen LogP contribution in [0.15, 0.2) is 24.3 Å². The van der Waals surface area contributed by atoms with Crippen molar-refractivity contribution in [1.29, 1.82) is 0 Å². The number of benzene rings is 1. The van der Waals surface area contributed by atoms with Gasteiger partial charge in [-0.1, -0.05) is 12.1 Å². The lowest BCUT2D eigenvalue weighted by molar-refractivity contribution is -0.139. The molecule has 0 bridgehead atoms. The topological polar surface area (TPSA) is 49.9 Å². The summed E-state index contributed by atoms with van der Waals surface area (Å²) in [5, 5.41) is 0. The average molecular weight is 334 g/mol. The molecule has 24 heavy (non-hydrogen) atoms. The minimum absolute atomic E-state index is 0.0437. The Morgan fingerprint density at radius 3 is 2.71 bits per heavy atom. The second-order valence-corrected chi connectivity index (χ2v) is 6.45. The molecule has 0 radical (unpaired) electrons. The van der Waals surface area contributed by atoms with E-state index in [1.54, 1.807) is 21.9 Å². The molecule has 0 aromatic heterocycles. The fourth-order valence-electron chi connectivity index (χ4n) is 3.23. The molecule has 0 unspecified atom stereocenters. The van der Waals surface area contributed by atoms with E-state index in [1.165, 1.54) is 12.1 Å². The van der Waals surface area contributed by atoms with E-state index in [1.807, 2.05) is 0 Å². The fraction of sp³-hybridized carbons (Fsp3) is 0.556. The number of halogens is 1. The van der Waals surface area contributed by atoms with Crippen molar-refractivity contribution in [3.05, 3.63) is 35.6 Å². The van der Waals surface area contributed by atoms with Crippen LogP contribution in [0.2, 0.25) is 0 Å². The number of nitrogens with zero attached hydrogens (tertiary/aromatic N) is 2. The lowest BCUT2D eigenvalue weighted by atomic mass is 10.1. The molecule has 6 heteroatoms. The molecule has 2 aliphatic heterocycles. The quantitative estimate of drug-likeness (QED) is 0.799. The SMILES string of the molecule is O=C1CCCN1CC(=O)N(Cc1ccc(F)cc1)C[C@H]1CCCO1. The van der Waals surface area contributed by atoms with Gasteiger partial charge in [-0.2, -0.15) is 0 Å². The van der Waals surface area contributed by atoms with Crippen LogP contribution in [0.25, 0.3) is 0 Å². The standard InChI is InChI=1S/C18H23FN2O3/c19-15-7-5-14(6-8-15)11-21(12-16-3-2-10-24-16)18(23)13-20-9-1-4-17(20)22/h5-8,16H,1-4,9-13H2/t16-/m1/s1. The van der Waals surface area contributed by atoms with Crippen LogP contribution in [0, 0.1) is 5.82 Å². The van der Waals surface area contributed by atoms with Gasteiger partial charge in [0.1, 0.15) is 5.82 Å². The third-order valence-corrected chi connectivity index (χ3v) is 4.58. The summed E-state index contributed by atoms with van der Waals surface area (Å²) in [5.41, 5.74) is 0.871. The van der Waals surface area contributed by atoms with Gasteiger partial charge in [0.05, 0.1) is 12.6 Å². The fourth-order valence-corrected chi connectivity index (χ4v) is 3.23. The number of amides is 2. The van der Waals surface area contributed by atoms with Gasteiger partial charge in [0.15, 0.2) is 0 Å². The first-order chi connectivity index (χ1) is 11.6. The molecule has 3 rings (SSSR count). The molecule has 2 fully saturated rings. The molecule has 0 spiro atoms. The van der Waals surface area contributed by atoms with Crippen molar-refractivity contribution in [2.75, 3.05) is 26.2 Å². The number of hydrogen-bond acceptors (Lipinski definition) is 3. The van der Waals surface area contributed by atoms with Crippen LogP contribution in [-0.2, 0) is 20.9 Å². The van der Waals surface area contributed by atoms with E-state index in [2.05, 4.69) is 0 Å². The van der Waals surface area contributed by atoms with Crippen molar-refractivity contribution in [3.8, 4) is 0 Å². The molecule has 1 atom stereocenters. The van der Waals surface area contributed by atoms with Crippen molar-refractivity contribution in [2.24, 2.45) is 0 Å². The first-order valence-electron chi connectivity index (χ1n) is 8.53.